The molecule has 1 aromatic rings. The Hall–Kier alpha value is -1.09. The Bertz CT molecular complexity index is 625. The molecule has 6 nitrogen and oxygen atoms in total. The van der Waals surface area contributed by atoms with E-state index in [9.17, 15) is 0 Å². The van der Waals surface area contributed by atoms with Crippen LogP contribution in [0.25, 0.3) is 0 Å². The third-order valence-electron chi connectivity index (χ3n) is 5.78. The Morgan fingerprint density at radius 2 is 1.97 bits per heavy atom. The second-order valence-corrected chi connectivity index (χ2v) is 8.24. The minimum absolute atomic E-state index is 0. The molecule has 2 aliphatic rings. The normalized spacial score (nSPS) is 19.2. The fourth-order valence-corrected chi connectivity index (χ4v) is 4.05. The smallest absolute Gasteiger partial charge is 0.218 e. The summed E-state index contributed by atoms with van der Waals surface area (Å²) in [5, 5.41) is 7.02. The first-order valence-corrected chi connectivity index (χ1v) is 11.0. The lowest BCUT2D eigenvalue weighted by molar-refractivity contribution is 0.167. The molecule has 1 aliphatic carbocycles. The topological polar surface area (TPSA) is 61.8 Å². The largest absolute Gasteiger partial charge is 0.474 e. The number of guanidine groups is 1. The Morgan fingerprint density at radius 3 is 2.62 bits per heavy atom. The lowest BCUT2D eigenvalue weighted by atomic mass is 10.0. The standard InChI is InChI=1S/C22H37N5O.HI/c1-4-23-22(26-19-11-14-27(15-12-19)17(2)3)25-16-18-8-7-13-24-21(18)28-20-9-5-6-10-20;/h7-8,13,17,19-20H,4-6,9-12,14-16H2,1-3H3,(H2,23,25,26);1H. The van der Waals surface area contributed by atoms with Gasteiger partial charge in [-0.3, -0.25) is 0 Å². The summed E-state index contributed by atoms with van der Waals surface area (Å²) in [5.74, 6) is 1.64. The number of nitrogens with zero attached hydrogens (tertiary/aromatic N) is 3. The number of halogens is 1. The van der Waals surface area contributed by atoms with Crippen LogP contribution in [0.3, 0.4) is 0 Å². The maximum absolute atomic E-state index is 6.16. The van der Waals surface area contributed by atoms with E-state index in [1.807, 2.05) is 12.3 Å². The zero-order valence-electron chi connectivity index (χ0n) is 18.2. The highest BCUT2D eigenvalue weighted by Gasteiger charge is 2.22. The van der Waals surface area contributed by atoms with Crippen LogP contribution in [-0.4, -0.2) is 53.7 Å². The minimum atomic E-state index is 0. The molecule has 29 heavy (non-hydrogen) atoms. The molecule has 164 valence electrons. The van der Waals surface area contributed by atoms with Crippen LogP contribution in [-0.2, 0) is 6.54 Å². The van der Waals surface area contributed by atoms with Crippen LogP contribution in [0.1, 0.15) is 64.9 Å². The third-order valence-corrected chi connectivity index (χ3v) is 5.78. The third kappa shape index (κ3) is 7.59. The molecule has 2 N–H and O–H groups in total. The molecular formula is C22H38IN5O. The molecule has 0 atom stereocenters. The van der Waals surface area contributed by atoms with Gasteiger partial charge >= 0.3 is 0 Å². The van der Waals surface area contributed by atoms with Crippen molar-refractivity contribution in [2.24, 2.45) is 4.99 Å². The lowest BCUT2D eigenvalue weighted by Gasteiger charge is -2.35. The van der Waals surface area contributed by atoms with Crippen LogP contribution in [0, 0.1) is 0 Å². The summed E-state index contributed by atoms with van der Waals surface area (Å²) in [5.41, 5.74) is 1.06. The zero-order valence-corrected chi connectivity index (χ0v) is 20.5. The molecule has 0 aromatic carbocycles. The second kappa shape index (κ2) is 12.6. The zero-order chi connectivity index (χ0) is 19.8. The van der Waals surface area contributed by atoms with Crippen molar-refractivity contribution < 1.29 is 4.74 Å². The van der Waals surface area contributed by atoms with Crippen molar-refractivity contribution in [2.75, 3.05) is 19.6 Å². The Labute approximate surface area is 193 Å². The van der Waals surface area contributed by atoms with E-state index in [-0.39, 0.29) is 24.0 Å². The van der Waals surface area contributed by atoms with E-state index in [1.165, 1.54) is 12.8 Å². The number of hydrogen-bond acceptors (Lipinski definition) is 4. The molecule has 1 saturated heterocycles. The van der Waals surface area contributed by atoms with Crippen molar-refractivity contribution in [1.82, 2.24) is 20.5 Å². The van der Waals surface area contributed by atoms with Crippen LogP contribution in [0.2, 0.25) is 0 Å². The van der Waals surface area contributed by atoms with Gasteiger partial charge in [0.15, 0.2) is 5.96 Å². The van der Waals surface area contributed by atoms with Crippen molar-refractivity contribution in [1.29, 1.82) is 0 Å². The van der Waals surface area contributed by atoms with Crippen molar-refractivity contribution in [3.8, 4) is 5.88 Å². The maximum Gasteiger partial charge on any atom is 0.218 e. The molecular weight excluding hydrogens is 477 g/mol. The molecule has 3 rings (SSSR count). The summed E-state index contributed by atoms with van der Waals surface area (Å²) in [7, 11) is 0. The van der Waals surface area contributed by atoms with Gasteiger partial charge in [0.1, 0.15) is 6.10 Å². The highest BCUT2D eigenvalue weighted by Crippen LogP contribution is 2.25. The van der Waals surface area contributed by atoms with Crippen LogP contribution >= 0.6 is 24.0 Å². The number of ether oxygens (including phenoxy) is 1. The predicted molar refractivity (Wildman–Crippen MR) is 130 cm³/mol. The van der Waals surface area contributed by atoms with Crippen molar-refractivity contribution in [3.63, 3.8) is 0 Å². The lowest BCUT2D eigenvalue weighted by Crippen LogP contribution is -2.49. The molecule has 1 aromatic heterocycles. The molecule has 7 heteroatoms. The van der Waals surface area contributed by atoms with E-state index in [2.05, 4.69) is 47.4 Å². The summed E-state index contributed by atoms with van der Waals surface area (Å²) in [6.07, 6.45) is 9.23. The number of pyridine rings is 1. The molecule has 0 spiro atoms. The van der Waals surface area contributed by atoms with E-state index < -0.39 is 0 Å². The maximum atomic E-state index is 6.16. The number of hydrogen-bond donors (Lipinski definition) is 2. The Morgan fingerprint density at radius 1 is 1.24 bits per heavy atom. The molecule has 1 saturated carbocycles. The van der Waals surface area contributed by atoms with Gasteiger partial charge in [0.2, 0.25) is 5.88 Å². The van der Waals surface area contributed by atoms with Crippen LogP contribution in [0.4, 0.5) is 0 Å². The van der Waals surface area contributed by atoms with E-state index in [0.717, 1.165) is 62.7 Å². The van der Waals surface area contributed by atoms with E-state index in [1.54, 1.807) is 0 Å². The molecule has 0 bridgehead atoms. The first kappa shape index (κ1) is 24.2. The summed E-state index contributed by atoms with van der Waals surface area (Å²) in [6, 6.07) is 5.16. The van der Waals surface area contributed by atoms with Crippen molar-refractivity contribution in [3.05, 3.63) is 23.9 Å². The van der Waals surface area contributed by atoms with Gasteiger partial charge in [0.25, 0.3) is 0 Å². The van der Waals surface area contributed by atoms with Crippen molar-refractivity contribution >= 4 is 29.9 Å². The van der Waals surface area contributed by atoms with Crippen LogP contribution in [0.5, 0.6) is 5.88 Å². The monoisotopic (exact) mass is 515 g/mol. The van der Waals surface area contributed by atoms with Gasteiger partial charge < -0.3 is 20.3 Å². The van der Waals surface area contributed by atoms with Gasteiger partial charge in [-0.15, -0.1) is 24.0 Å². The average molecular weight is 515 g/mol. The summed E-state index contributed by atoms with van der Waals surface area (Å²) < 4.78 is 6.16. The molecule has 1 aliphatic heterocycles. The van der Waals surface area contributed by atoms with Gasteiger partial charge in [-0.25, -0.2) is 9.98 Å². The van der Waals surface area contributed by atoms with E-state index >= 15 is 0 Å². The first-order chi connectivity index (χ1) is 13.7. The van der Waals surface area contributed by atoms with E-state index in [0.29, 0.717) is 24.7 Å². The van der Waals surface area contributed by atoms with Gasteiger partial charge in [0.05, 0.1) is 6.54 Å². The fourth-order valence-electron chi connectivity index (χ4n) is 4.05. The first-order valence-electron chi connectivity index (χ1n) is 11.0. The molecule has 2 heterocycles. The Balaban J connectivity index is 0.00000300. The van der Waals surface area contributed by atoms with Crippen molar-refractivity contribution in [2.45, 2.75) is 84.0 Å². The predicted octanol–water partition coefficient (Wildman–Crippen LogP) is 3.95. The molecule has 0 unspecified atom stereocenters. The average Bonchev–Trinajstić information content (AvgIpc) is 3.21. The van der Waals surface area contributed by atoms with Gasteiger partial charge in [-0.05, 0) is 65.4 Å². The summed E-state index contributed by atoms with van der Waals surface area (Å²) in [4.78, 5) is 11.8. The van der Waals surface area contributed by atoms with Gasteiger partial charge in [0, 0.05) is 43.5 Å². The quantitative estimate of drug-likeness (QED) is 0.327. The minimum Gasteiger partial charge on any atom is -0.474 e. The SMILES string of the molecule is CCNC(=NCc1cccnc1OC1CCCC1)NC1CCN(C(C)C)CC1.I. The van der Waals surface area contributed by atoms with Gasteiger partial charge in [-0.2, -0.15) is 0 Å². The number of likely N-dealkylation sites (tertiary alicyclic amines) is 1. The number of aromatic nitrogens is 1. The number of rotatable bonds is 7. The van der Waals surface area contributed by atoms with Crippen LogP contribution < -0.4 is 15.4 Å². The summed E-state index contributed by atoms with van der Waals surface area (Å²) in [6.45, 7) is 10.4. The fraction of sp³-hybridized carbons (Fsp3) is 0.727. The highest BCUT2D eigenvalue weighted by atomic mass is 127. The number of piperidine rings is 1. The Kier molecular flexibility index (Phi) is 10.5. The molecule has 0 radical (unpaired) electrons. The number of aliphatic imine (C=N–C) groups is 1. The second-order valence-electron chi connectivity index (χ2n) is 8.24. The summed E-state index contributed by atoms with van der Waals surface area (Å²) >= 11 is 0. The van der Waals surface area contributed by atoms with Crippen LogP contribution in [0.15, 0.2) is 23.3 Å². The van der Waals surface area contributed by atoms with Gasteiger partial charge in [-0.1, -0.05) is 6.07 Å². The molecule has 2 fully saturated rings. The molecule has 0 amide bonds. The highest BCUT2D eigenvalue weighted by molar-refractivity contribution is 14.0. The van der Waals surface area contributed by atoms with E-state index in [4.69, 9.17) is 9.73 Å². The number of nitrogens with one attached hydrogen (secondary N) is 2.